The van der Waals surface area contributed by atoms with E-state index in [1.54, 1.807) is 7.11 Å². The SMILES string of the molecule is COC1=CC([C-]2CC2(C)C)C(=O)c2ccccc21.[Cl-].[Mg+2]. The Morgan fingerprint density at radius 2 is 1.80 bits per heavy atom. The van der Waals surface area contributed by atoms with Crippen LogP contribution in [-0.2, 0) is 4.74 Å². The van der Waals surface area contributed by atoms with Crippen molar-refractivity contribution in [3.63, 3.8) is 0 Å². The van der Waals surface area contributed by atoms with Gasteiger partial charge < -0.3 is 17.1 Å². The molecule has 1 atom stereocenters. The Balaban J connectivity index is 0.000001000. The fraction of sp³-hybridized carbons (Fsp3) is 0.375. The van der Waals surface area contributed by atoms with E-state index in [9.17, 15) is 4.79 Å². The average Bonchev–Trinajstić information content (AvgIpc) is 2.99. The summed E-state index contributed by atoms with van der Waals surface area (Å²) in [7, 11) is 1.66. The molecule has 3 rings (SSSR count). The van der Waals surface area contributed by atoms with Crippen LogP contribution in [0.4, 0.5) is 0 Å². The van der Waals surface area contributed by atoms with Crippen LogP contribution in [0.25, 0.3) is 5.76 Å². The van der Waals surface area contributed by atoms with Crippen LogP contribution in [0, 0.1) is 17.3 Å². The van der Waals surface area contributed by atoms with Crippen LogP contribution < -0.4 is 12.4 Å². The maximum Gasteiger partial charge on any atom is 2.00 e. The van der Waals surface area contributed by atoms with Gasteiger partial charge in [0.05, 0.1) is 7.11 Å². The van der Waals surface area contributed by atoms with Crippen molar-refractivity contribution in [3.8, 4) is 0 Å². The largest absolute Gasteiger partial charge is 2.00 e. The predicted molar refractivity (Wildman–Crippen MR) is 76.6 cm³/mol. The van der Waals surface area contributed by atoms with E-state index < -0.39 is 0 Å². The van der Waals surface area contributed by atoms with Gasteiger partial charge in [-0.05, 0) is 0 Å². The Kier molecular flexibility index (Phi) is 5.33. The fourth-order valence-electron chi connectivity index (χ4n) is 2.80. The van der Waals surface area contributed by atoms with E-state index in [0.29, 0.717) is 0 Å². The normalized spacial score (nSPS) is 22.9. The van der Waals surface area contributed by atoms with E-state index in [0.717, 1.165) is 23.3 Å². The molecule has 1 unspecified atom stereocenters. The Morgan fingerprint density at radius 3 is 2.30 bits per heavy atom. The number of rotatable bonds is 2. The first-order chi connectivity index (χ1) is 8.54. The van der Waals surface area contributed by atoms with Crippen LogP contribution in [0.3, 0.4) is 0 Å². The monoisotopic (exact) mass is 300 g/mol. The molecule has 1 fully saturated rings. The Morgan fingerprint density at radius 1 is 1.25 bits per heavy atom. The van der Waals surface area contributed by atoms with Gasteiger partial charge in [-0.15, -0.1) is 0 Å². The van der Waals surface area contributed by atoms with Gasteiger partial charge in [-0.1, -0.05) is 50.1 Å². The van der Waals surface area contributed by atoms with Gasteiger partial charge >= 0.3 is 23.1 Å². The van der Waals surface area contributed by atoms with Crippen molar-refractivity contribution in [1.29, 1.82) is 0 Å². The van der Waals surface area contributed by atoms with Crippen LogP contribution in [0.5, 0.6) is 0 Å². The molecule has 0 saturated heterocycles. The molecule has 1 aromatic rings. The number of ketones is 1. The average molecular weight is 301 g/mol. The number of hydrogen-bond donors (Lipinski definition) is 0. The second-order valence-electron chi connectivity index (χ2n) is 5.71. The molecule has 0 N–H and O–H groups in total. The molecule has 0 aromatic heterocycles. The summed E-state index contributed by atoms with van der Waals surface area (Å²) in [5, 5.41) is 0. The summed E-state index contributed by atoms with van der Waals surface area (Å²) in [5.74, 6) is 2.28. The van der Waals surface area contributed by atoms with E-state index in [1.807, 2.05) is 30.3 Å². The fourth-order valence-corrected chi connectivity index (χ4v) is 2.80. The third kappa shape index (κ3) is 2.76. The van der Waals surface area contributed by atoms with Crippen molar-refractivity contribution in [2.75, 3.05) is 7.11 Å². The smallest absolute Gasteiger partial charge is 1.00 e. The molecule has 0 heterocycles. The molecular weight excluding hydrogens is 284 g/mol. The van der Waals surface area contributed by atoms with Gasteiger partial charge in [0.25, 0.3) is 0 Å². The zero-order chi connectivity index (χ0) is 12.9. The van der Waals surface area contributed by atoms with Gasteiger partial charge in [0.1, 0.15) is 11.5 Å². The molecule has 1 aromatic carbocycles. The quantitative estimate of drug-likeness (QED) is 0.573. The summed E-state index contributed by atoms with van der Waals surface area (Å²) < 4.78 is 5.44. The molecule has 1 saturated carbocycles. The number of halogens is 1. The Bertz CT molecular complexity index is 551. The number of ether oxygens (including phenoxy) is 1. The molecule has 4 heteroatoms. The third-order valence-corrected chi connectivity index (χ3v) is 4.03. The van der Waals surface area contributed by atoms with Crippen LogP contribution in [0.15, 0.2) is 30.3 Å². The van der Waals surface area contributed by atoms with Crippen molar-refractivity contribution in [2.45, 2.75) is 20.3 Å². The first kappa shape index (κ1) is 17.5. The van der Waals surface area contributed by atoms with Gasteiger partial charge in [-0.3, -0.25) is 10.7 Å². The van der Waals surface area contributed by atoms with Crippen LogP contribution in [0.1, 0.15) is 36.2 Å². The number of methoxy groups -OCH3 is 1. The van der Waals surface area contributed by atoms with Gasteiger partial charge in [-0.2, -0.15) is 11.8 Å². The van der Waals surface area contributed by atoms with Crippen molar-refractivity contribution < 1.29 is 21.9 Å². The Hall–Kier alpha value is -0.514. The molecule has 2 aliphatic rings. The molecule has 2 aliphatic carbocycles. The summed E-state index contributed by atoms with van der Waals surface area (Å²) in [4.78, 5) is 12.5. The summed E-state index contributed by atoms with van der Waals surface area (Å²) in [5.41, 5.74) is 1.92. The first-order valence-corrected chi connectivity index (χ1v) is 6.30. The van der Waals surface area contributed by atoms with E-state index >= 15 is 0 Å². The number of allylic oxidation sites excluding steroid dienone is 1. The number of fused-ring (bicyclic) bond motifs is 1. The van der Waals surface area contributed by atoms with E-state index in [-0.39, 0.29) is 52.6 Å². The molecule has 20 heavy (non-hydrogen) atoms. The maximum atomic E-state index is 12.5. The van der Waals surface area contributed by atoms with Crippen LogP contribution in [-0.4, -0.2) is 35.9 Å². The van der Waals surface area contributed by atoms with E-state index in [4.69, 9.17) is 4.74 Å². The minimum Gasteiger partial charge on any atom is -1.00 e. The standard InChI is InChI=1S/C16H17O2.ClH.Mg/c1-16(2)9-13(16)12-8-14(18-3)10-6-4-5-7-11(10)15(12)17;;/h4-8,12H,9H2,1-3H3;1H;/q-1;;+2/p-1. The second kappa shape index (κ2) is 6.08. The predicted octanol–water partition coefficient (Wildman–Crippen LogP) is 0.114. The third-order valence-electron chi connectivity index (χ3n) is 4.03. The maximum absolute atomic E-state index is 12.5. The molecule has 2 nitrogen and oxygen atoms in total. The van der Waals surface area contributed by atoms with E-state index in [2.05, 4.69) is 13.8 Å². The van der Waals surface area contributed by atoms with Crippen molar-refractivity contribution in [2.24, 2.45) is 11.3 Å². The van der Waals surface area contributed by atoms with Gasteiger partial charge in [0.15, 0.2) is 0 Å². The number of hydrogen-bond acceptors (Lipinski definition) is 2. The van der Waals surface area contributed by atoms with Gasteiger partial charge in [0, 0.05) is 11.1 Å². The minimum atomic E-state index is -0.0927. The van der Waals surface area contributed by atoms with Crippen molar-refractivity contribution in [3.05, 3.63) is 47.4 Å². The molecular formula is C16H17ClMgO2. The molecule has 0 aliphatic heterocycles. The molecule has 0 amide bonds. The summed E-state index contributed by atoms with van der Waals surface area (Å²) in [6.45, 7) is 4.38. The summed E-state index contributed by atoms with van der Waals surface area (Å²) in [6, 6.07) is 7.69. The Labute approximate surface area is 142 Å². The minimum absolute atomic E-state index is 0. The summed E-state index contributed by atoms with van der Waals surface area (Å²) in [6.07, 6.45) is 3.02. The second-order valence-corrected chi connectivity index (χ2v) is 5.71. The number of carbonyl (C=O) groups excluding carboxylic acids is 1. The molecule has 0 spiro atoms. The zero-order valence-electron chi connectivity index (χ0n) is 12.1. The van der Waals surface area contributed by atoms with Crippen LogP contribution in [0.2, 0.25) is 0 Å². The van der Waals surface area contributed by atoms with E-state index in [1.165, 1.54) is 5.92 Å². The number of carbonyl (C=O) groups is 1. The molecule has 0 radical (unpaired) electrons. The van der Waals surface area contributed by atoms with Crippen molar-refractivity contribution >= 4 is 34.6 Å². The number of Topliss-reactive ketones (excluding diaryl/α,β-unsaturated/α-hetero) is 1. The molecule has 102 valence electrons. The van der Waals surface area contributed by atoms with Gasteiger partial charge in [0.2, 0.25) is 0 Å². The zero-order valence-corrected chi connectivity index (χ0v) is 14.2. The first-order valence-electron chi connectivity index (χ1n) is 6.30. The van der Waals surface area contributed by atoms with Crippen LogP contribution >= 0.6 is 0 Å². The summed E-state index contributed by atoms with van der Waals surface area (Å²) >= 11 is 0. The molecule has 0 bridgehead atoms. The van der Waals surface area contributed by atoms with Crippen molar-refractivity contribution in [1.82, 2.24) is 0 Å². The topological polar surface area (TPSA) is 26.3 Å². The van der Waals surface area contributed by atoms with Gasteiger partial charge in [-0.25, -0.2) is 0 Å². The number of benzene rings is 1.